The van der Waals surface area contributed by atoms with Crippen LogP contribution in [0.2, 0.25) is 0 Å². The van der Waals surface area contributed by atoms with Crippen LogP contribution in [0.3, 0.4) is 0 Å². The molecule has 1 N–H and O–H groups in total. The zero-order chi connectivity index (χ0) is 17.5. The van der Waals surface area contributed by atoms with E-state index in [-0.39, 0.29) is 6.42 Å². The second kappa shape index (κ2) is 7.57. The number of benzene rings is 2. The molecule has 2 aromatic carbocycles. The van der Waals surface area contributed by atoms with Crippen LogP contribution in [0.25, 0.3) is 0 Å². The van der Waals surface area contributed by atoms with Gasteiger partial charge in [0.2, 0.25) is 11.8 Å². The fourth-order valence-corrected chi connectivity index (χ4v) is 2.02. The largest absolute Gasteiger partial charge is 0.326 e. The third-order valence-corrected chi connectivity index (χ3v) is 3.35. The number of anilines is 2. The molecule has 2 amide bonds. The lowest BCUT2D eigenvalue weighted by Gasteiger charge is -2.17. The lowest BCUT2D eigenvalue weighted by molar-refractivity contribution is -0.125. The van der Waals surface area contributed by atoms with Gasteiger partial charge in [-0.2, -0.15) is 10.5 Å². The summed E-state index contributed by atoms with van der Waals surface area (Å²) in [6, 6.07) is 16.9. The number of carbonyl (C=O) groups is 2. The third-order valence-electron chi connectivity index (χ3n) is 3.35. The summed E-state index contributed by atoms with van der Waals surface area (Å²) in [5, 5.41) is 20.2. The van der Waals surface area contributed by atoms with Crippen molar-refractivity contribution in [2.75, 3.05) is 17.3 Å². The highest BCUT2D eigenvalue weighted by atomic mass is 16.2. The number of carbonyl (C=O) groups excluding carboxylic acids is 2. The van der Waals surface area contributed by atoms with Gasteiger partial charge in [-0.15, -0.1) is 0 Å². The van der Waals surface area contributed by atoms with Gasteiger partial charge >= 0.3 is 0 Å². The molecule has 0 saturated heterocycles. The van der Waals surface area contributed by atoms with Gasteiger partial charge in [-0.25, -0.2) is 0 Å². The summed E-state index contributed by atoms with van der Waals surface area (Å²) in [6.45, 7) is 0. The van der Waals surface area contributed by atoms with Crippen molar-refractivity contribution in [1.82, 2.24) is 0 Å². The summed E-state index contributed by atoms with van der Waals surface area (Å²) in [5.74, 6) is -0.843. The number of hydrogen-bond donors (Lipinski definition) is 1. The van der Waals surface area contributed by atoms with Crippen molar-refractivity contribution in [3.05, 3.63) is 59.7 Å². The van der Waals surface area contributed by atoms with Crippen molar-refractivity contribution in [2.45, 2.75) is 6.42 Å². The number of amides is 2. The molecule has 24 heavy (non-hydrogen) atoms. The Labute approximate surface area is 139 Å². The molecule has 6 heteroatoms. The zero-order valence-corrected chi connectivity index (χ0v) is 13.0. The molecule has 0 saturated carbocycles. The second-order valence-electron chi connectivity index (χ2n) is 5.03. The summed E-state index contributed by atoms with van der Waals surface area (Å²) in [6.07, 6.45) is -0.326. The van der Waals surface area contributed by atoms with Gasteiger partial charge in [0.25, 0.3) is 0 Å². The predicted octanol–water partition coefficient (Wildman–Crippen LogP) is 2.42. The van der Waals surface area contributed by atoms with E-state index in [1.54, 1.807) is 55.6 Å². The molecule has 6 nitrogen and oxygen atoms in total. The van der Waals surface area contributed by atoms with E-state index >= 15 is 0 Å². The quantitative estimate of drug-likeness (QED) is 0.875. The Hall–Kier alpha value is -3.64. The van der Waals surface area contributed by atoms with Crippen LogP contribution in [-0.2, 0) is 9.59 Å². The molecule has 0 aliphatic heterocycles. The molecule has 0 atom stereocenters. The molecule has 0 unspecified atom stereocenters. The van der Waals surface area contributed by atoms with Crippen LogP contribution >= 0.6 is 0 Å². The van der Waals surface area contributed by atoms with Gasteiger partial charge in [-0.3, -0.25) is 9.59 Å². The molecule has 0 heterocycles. The van der Waals surface area contributed by atoms with E-state index in [1.165, 1.54) is 4.90 Å². The van der Waals surface area contributed by atoms with Crippen LogP contribution in [-0.4, -0.2) is 18.9 Å². The van der Waals surface area contributed by atoms with Gasteiger partial charge in [-0.1, -0.05) is 6.07 Å². The smallest absolute Gasteiger partial charge is 0.236 e. The molecule has 0 radical (unpaired) electrons. The van der Waals surface area contributed by atoms with Crippen molar-refractivity contribution in [3.8, 4) is 12.1 Å². The van der Waals surface area contributed by atoms with Crippen LogP contribution in [0.1, 0.15) is 17.5 Å². The van der Waals surface area contributed by atoms with Crippen LogP contribution in [0.4, 0.5) is 11.4 Å². The van der Waals surface area contributed by atoms with Gasteiger partial charge in [0.05, 0.1) is 23.3 Å². The highest BCUT2D eigenvalue weighted by Gasteiger charge is 2.16. The van der Waals surface area contributed by atoms with Crippen LogP contribution in [0, 0.1) is 22.7 Å². The van der Waals surface area contributed by atoms with Crippen molar-refractivity contribution < 1.29 is 9.59 Å². The molecule has 0 spiro atoms. The number of nitrogens with one attached hydrogen (secondary N) is 1. The van der Waals surface area contributed by atoms with Gasteiger partial charge in [-0.05, 0) is 42.5 Å². The first kappa shape index (κ1) is 16.7. The minimum absolute atomic E-state index is 0.326. The second-order valence-corrected chi connectivity index (χ2v) is 5.03. The summed E-state index contributed by atoms with van der Waals surface area (Å²) >= 11 is 0. The number of rotatable bonds is 4. The molecule has 2 aromatic rings. The lowest BCUT2D eigenvalue weighted by Crippen LogP contribution is -2.30. The molecule has 0 fully saturated rings. The maximum absolute atomic E-state index is 12.2. The normalized spacial score (nSPS) is 9.46. The Bertz CT molecular complexity index is 845. The zero-order valence-electron chi connectivity index (χ0n) is 13.0. The third kappa shape index (κ3) is 4.19. The Morgan fingerprint density at radius 2 is 1.71 bits per heavy atom. The molecule has 0 aromatic heterocycles. The summed E-state index contributed by atoms with van der Waals surface area (Å²) < 4.78 is 0. The molecule has 118 valence electrons. The van der Waals surface area contributed by atoms with Gasteiger partial charge < -0.3 is 10.2 Å². The predicted molar refractivity (Wildman–Crippen MR) is 89.0 cm³/mol. The SMILES string of the molecule is CN(C(=O)CC(=O)Nc1ccc(C#N)cc1)c1cccc(C#N)c1. The molecular formula is C18H14N4O2. The first-order valence-corrected chi connectivity index (χ1v) is 7.10. The van der Waals surface area contributed by atoms with E-state index in [2.05, 4.69) is 5.32 Å². The monoisotopic (exact) mass is 318 g/mol. The number of nitrogens with zero attached hydrogens (tertiary/aromatic N) is 3. The Morgan fingerprint density at radius 1 is 1.04 bits per heavy atom. The van der Waals surface area contributed by atoms with Crippen LogP contribution in [0.5, 0.6) is 0 Å². The van der Waals surface area contributed by atoms with Crippen LogP contribution in [0.15, 0.2) is 48.5 Å². The topological polar surface area (TPSA) is 97.0 Å². The van der Waals surface area contributed by atoms with E-state index in [0.29, 0.717) is 22.5 Å². The van der Waals surface area contributed by atoms with Crippen molar-refractivity contribution >= 4 is 23.2 Å². The van der Waals surface area contributed by atoms with E-state index in [1.807, 2.05) is 12.1 Å². The average molecular weight is 318 g/mol. The molecule has 0 aliphatic carbocycles. The minimum Gasteiger partial charge on any atom is -0.326 e. The lowest BCUT2D eigenvalue weighted by atomic mass is 10.2. The minimum atomic E-state index is -0.451. The van der Waals surface area contributed by atoms with Gasteiger partial charge in [0.1, 0.15) is 6.42 Å². The first-order chi connectivity index (χ1) is 11.5. The van der Waals surface area contributed by atoms with E-state index in [0.717, 1.165) is 0 Å². The Morgan fingerprint density at radius 3 is 2.33 bits per heavy atom. The first-order valence-electron chi connectivity index (χ1n) is 7.10. The maximum atomic E-state index is 12.2. The molecule has 0 bridgehead atoms. The maximum Gasteiger partial charge on any atom is 0.236 e. The summed E-state index contributed by atoms with van der Waals surface area (Å²) in [7, 11) is 1.55. The van der Waals surface area contributed by atoms with Crippen molar-refractivity contribution in [3.63, 3.8) is 0 Å². The fraction of sp³-hybridized carbons (Fsp3) is 0.111. The fourth-order valence-electron chi connectivity index (χ4n) is 2.02. The van der Waals surface area contributed by atoms with Crippen molar-refractivity contribution in [2.24, 2.45) is 0 Å². The highest BCUT2D eigenvalue weighted by Crippen LogP contribution is 2.16. The van der Waals surface area contributed by atoms with Gasteiger partial charge in [0, 0.05) is 18.4 Å². The average Bonchev–Trinajstić information content (AvgIpc) is 2.61. The van der Waals surface area contributed by atoms with E-state index in [4.69, 9.17) is 10.5 Å². The Kier molecular flexibility index (Phi) is 5.28. The standard InChI is InChI=1S/C18H14N4O2/c1-22(16-4-2-3-14(9-16)12-20)18(24)10-17(23)21-15-7-5-13(11-19)6-8-15/h2-9H,10H2,1H3,(H,21,23). The van der Waals surface area contributed by atoms with E-state index in [9.17, 15) is 9.59 Å². The molecule has 0 aliphatic rings. The van der Waals surface area contributed by atoms with Gasteiger partial charge in [0.15, 0.2) is 0 Å². The molecular weight excluding hydrogens is 304 g/mol. The van der Waals surface area contributed by atoms with E-state index < -0.39 is 11.8 Å². The number of hydrogen-bond acceptors (Lipinski definition) is 4. The van der Waals surface area contributed by atoms with Crippen LogP contribution < -0.4 is 10.2 Å². The number of nitriles is 2. The van der Waals surface area contributed by atoms with Crippen molar-refractivity contribution in [1.29, 1.82) is 10.5 Å². The summed E-state index contributed by atoms with van der Waals surface area (Å²) in [5.41, 5.74) is 1.99. The summed E-state index contributed by atoms with van der Waals surface area (Å²) in [4.78, 5) is 25.5. The Balaban J connectivity index is 1.98. The molecule has 2 rings (SSSR count). The highest BCUT2D eigenvalue weighted by molar-refractivity contribution is 6.08.